The lowest BCUT2D eigenvalue weighted by atomic mass is 9.85. The fourth-order valence-corrected chi connectivity index (χ4v) is 6.73. The van der Waals surface area contributed by atoms with Crippen LogP contribution in [0.2, 0.25) is 5.02 Å². The number of hydrogen-bond acceptors (Lipinski definition) is 8. The van der Waals surface area contributed by atoms with E-state index < -0.39 is 17.4 Å². The van der Waals surface area contributed by atoms with E-state index in [4.69, 9.17) is 32.1 Å². The zero-order chi connectivity index (χ0) is 37.1. The highest BCUT2D eigenvalue weighted by molar-refractivity contribution is 6.31. The van der Waals surface area contributed by atoms with Gasteiger partial charge in [-0.1, -0.05) is 42.8 Å². The van der Waals surface area contributed by atoms with Crippen molar-refractivity contribution in [1.82, 2.24) is 4.90 Å². The molecule has 0 bridgehead atoms. The number of carbonyl (C=O) groups is 3. The van der Waals surface area contributed by atoms with E-state index >= 15 is 0 Å². The Bertz CT molecular complexity index is 1730. The minimum atomic E-state index is -0.595. The molecule has 1 saturated heterocycles. The van der Waals surface area contributed by atoms with Crippen molar-refractivity contribution in [3.63, 3.8) is 0 Å². The van der Waals surface area contributed by atoms with Crippen molar-refractivity contribution in [3.05, 3.63) is 93.3 Å². The van der Waals surface area contributed by atoms with Gasteiger partial charge in [0.1, 0.15) is 30.1 Å². The Labute approximate surface area is 305 Å². The molecule has 1 aliphatic rings. The van der Waals surface area contributed by atoms with Crippen LogP contribution in [0.1, 0.15) is 86.0 Å². The summed E-state index contributed by atoms with van der Waals surface area (Å²) in [7, 11) is 0. The molecule has 1 unspecified atom stereocenters. The van der Waals surface area contributed by atoms with Crippen LogP contribution in [0.15, 0.2) is 54.6 Å². The number of benzene rings is 3. The molecule has 1 fully saturated rings. The first-order valence-electron chi connectivity index (χ1n) is 17.4. The molecule has 51 heavy (non-hydrogen) atoms. The molecule has 9 nitrogen and oxygen atoms in total. The van der Waals surface area contributed by atoms with Crippen LogP contribution in [0.3, 0.4) is 0 Å². The number of aldehydes is 1. The molecule has 1 heterocycles. The number of primary amides is 1. The summed E-state index contributed by atoms with van der Waals surface area (Å²) in [4.78, 5) is 40.7. The molecule has 2 N–H and O–H groups in total. The van der Waals surface area contributed by atoms with Crippen LogP contribution >= 0.6 is 11.6 Å². The predicted molar refractivity (Wildman–Crippen MR) is 196 cm³/mol. The molecule has 2 atom stereocenters. The Hall–Kier alpha value is -4.46. The third kappa shape index (κ3) is 11.5. The van der Waals surface area contributed by atoms with Gasteiger partial charge in [-0.05, 0) is 88.3 Å². The number of nitrogens with zero attached hydrogens (tertiary/aromatic N) is 3. The van der Waals surface area contributed by atoms with Crippen molar-refractivity contribution in [3.8, 4) is 11.8 Å². The van der Waals surface area contributed by atoms with Gasteiger partial charge in [-0.2, -0.15) is 5.26 Å². The van der Waals surface area contributed by atoms with Gasteiger partial charge in [0.15, 0.2) is 0 Å². The highest BCUT2D eigenvalue weighted by atomic mass is 35.5. The van der Waals surface area contributed by atoms with Gasteiger partial charge < -0.3 is 20.1 Å². The monoisotopic (exact) mass is 718 g/mol. The molecule has 0 aromatic heterocycles. The van der Waals surface area contributed by atoms with Crippen molar-refractivity contribution >= 4 is 35.5 Å². The average molecular weight is 719 g/mol. The number of hydrogen-bond donors (Lipinski definition) is 1. The van der Waals surface area contributed by atoms with Crippen LogP contribution in [-0.2, 0) is 33.9 Å². The van der Waals surface area contributed by atoms with E-state index in [1.165, 1.54) is 6.07 Å². The summed E-state index contributed by atoms with van der Waals surface area (Å²) in [5, 5.41) is 9.60. The second-order valence-electron chi connectivity index (χ2n) is 14.2. The third-order valence-corrected chi connectivity index (χ3v) is 9.56. The standard InChI is InChI=1S/C40H48ClFN4O5/c1-27(32(39(44)49)14-16-38(48)51-40(2,3)4)7-5-9-33-30(25-47)8-6-10-37(33)50-26-31-13-11-29(21-34(31)41)24-45-17-19-46(20-18-45)36-15-12-28(23-43)22-35(36)42/h6,8,10-13,15,21-22,25,27,32H,5,7,9,14,16-20,24,26H2,1-4H3,(H2,44,49)/t27?,32-/m1/s1. The highest BCUT2D eigenvalue weighted by Gasteiger charge is 2.26. The van der Waals surface area contributed by atoms with Gasteiger partial charge in [0.05, 0.1) is 17.3 Å². The number of nitriles is 1. The summed E-state index contributed by atoms with van der Waals surface area (Å²) >= 11 is 6.71. The first-order chi connectivity index (χ1) is 24.3. The van der Waals surface area contributed by atoms with Gasteiger partial charge in [-0.3, -0.25) is 19.3 Å². The summed E-state index contributed by atoms with van der Waals surface area (Å²) in [6, 6.07) is 17.9. The summed E-state index contributed by atoms with van der Waals surface area (Å²) in [6.45, 7) is 11.1. The topological polar surface area (TPSA) is 126 Å². The Kier molecular flexibility index (Phi) is 14.0. The Morgan fingerprint density at radius 2 is 1.82 bits per heavy atom. The highest BCUT2D eigenvalue weighted by Crippen LogP contribution is 2.30. The van der Waals surface area contributed by atoms with Gasteiger partial charge in [0, 0.05) is 66.8 Å². The van der Waals surface area contributed by atoms with E-state index in [1.54, 1.807) is 45.0 Å². The third-order valence-electron chi connectivity index (χ3n) is 9.21. The fraction of sp³-hybridized carbons (Fsp3) is 0.450. The van der Waals surface area contributed by atoms with Crippen molar-refractivity contribution in [1.29, 1.82) is 5.26 Å². The molecule has 0 aliphatic carbocycles. The summed E-state index contributed by atoms with van der Waals surface area (Å²) in [6.07, 6.45) is 3.17. The van der Waals surface area contributed by atoms with Gasteiger partial charge in [-0.25, -0.2) is 4.39 Å². The lowest BCUT2D eigenvalue weighted by molar-refractivity contribution is -0.155. The smallest absolute Gasteiger partial charge is 0.306 e. The normalized spacial score (nSPS) is 14.7. The Balaban J connectivity index is 1.30. The molecule has 3 aromatic rings. The van der Waals surface area contributed by atoms with E-state index in [1.807, 2.05) is 42.2 Å². The number of amides is 1. The molecular formula is C40H48ClFN4O5. The number of carbonyl (C=O) groups excluding carboxylic acids is 3. The molecule has 11 heteroatoms. The molecule has 0 spiro atoms. The number of esters is 1. The fourth-order valence-electron chi connectivity index (χ4n) is 6.47. The molecule has 4 rings (SSSR count). The number of nitrogens with two attached hydrogens (primary N) is 1. The molecular weight excluding hydrogens is 671 g/mol. The molecule has 1 amide bonds. The quantitative estimate of drug-likeness (QED) is 0.121. The van der Waals surface area contributed by atoms with Crippen LogP contribution in [0, 0.1) is 29.0 Å². The van der Waals surface area contributed by atoms with Crippen molar-refractivity contribution < 1.29 is 28.2 Å². The van der Waals surface area contributed by atoms with E-state index in [9.17, 15) is 18.8 Å². The zero-order valence-electron chi connectivity index (χ0n) is 29.9. The van der Waals surface area contributed by atoms with Gasteiger partial charge in [-0.15, -0.1) is 0 Å². The lowest BCUT2D eigenvalue weighted by Gasteiger charge is -2.36. The second kappa shape index (κ2) is 18.2. The van der Waals surface area contributed by atoms with Crippen molar-refractivity contribution in [2.45, 2.75) is 78.6 Å². The zero-order valence-corrected chi connectivity index (χ0v) is 30.7. The minimum Gasteiger partial charge on any atom is -0.489 e. The predicted octanol–water partition coefficient (Wildman–Crippen LogP) is 7.25. The first-order valence-corrected chi connectivity index (χ1v) is 17.8. The average Bonchev–Trinajstić information content (AvgIpc) is 3.07. The van der Waals surface area contributed by atoms with Crippen LogP contribution < -0.4 is 15.4 Å². The number of halogens is 2. The van der Waals surface area contributed by atoms with E-state index in [2.05, 4.69) is 4.90 Å². The van der Waals surface area contributed by atoms with Crippen molar-refractivity contribution in [2.24, 2.45) is 17.6 Å². The van der Waals surface area contributed by atoms with Crippen LogP contribution in [0.25, 0.3) is 0 Å². The number of ether oxygens (including phenoxy) is 2. The SMILES string of the molecule is CC(CCCc1c(C=O)cccc1OCc1ccc(CN2CCN(c3ccc(C#N)cc3F)CC2)cc1Cl)[C@@H](CCC(=O)OC(C)(C)C)C(N)=O. The van der Waals surface area contributed by atoms with Crippen LogP contribution in [-0.4, -0.2) is 54.8 Å². The maximum atomic E-state index is 14.5. The number of piperazine rings is 1. The molecule has 1 aliphatic heterocycles. The number of anilines is 1. The minimum absolute atomic E-state index is 0.0653. The largest absolute Gasteiger partial charge is 0.489 e. The summed E-state index contributed by atoms with van der Waals surface area (Å²) in [5.41, 5.74) is 9.14. The first kappa shape index (κ1) is 39.3. The van der Waals surface area contributed by atoms with Crippen molar-refractivity contribution in [2.75, 3.05) is 31.1 Å². The van der Waals surface area contributed by atoms with E-state index in [0.717, 1.165) is 36.1 Å². The summed E-state index contributed by atoms with van der Waals surface area (Å²) < 4.78 is 26.1. The molecule has 272 valence electrons. The molecule has 0 saturated carbocycles. The van der Waals surface area contributed by atoms with Gasteiger partial charge >= 0.3 is 5.97 Å². The van der Waals surface area contributed by atoms with E-state index in [-0.39, 0.29) is 30.7 Å². The van der Waals surface area contributed by atoms with Gasteiger partial charge in [0.25, 0.3) is 0 Å². The summed E-state index contributed by atoms with van der Waals surface area (Å²) in [5.74, 6) is -1.11. The van der Waals surface area contributed by atoms with Crippen LogP contribution in [0.4, 0.5) is 10.1 Å². The second-order valence-corrected chi connectivity index (χ2v) is 14.6. The Morgan fingerprint density at radius 1 is 1.08 bits per heavy atom. The van der Waals surface area contributed by atoms with Crippen LogP contribution in [0.5, 0.6) is 5.75 Å². The Morgan fingerprint density at radius 3 is 2.45 bits per heavy atom. The van der Waals surface area contributed by atoms with Gasteiger partial charge in [0.2, 0.25) is 5.91 Å². The maximum absolute atomic E-state index is 14.5. The molecule has 0 radical (unpaired) electrons. The maximum Gasteiger partial charge on any atom is 0.306 e. The lowest BCUT2D eigenvalue weighted by Crippen LogP contribution is -2.46. The van der Waals surface area contributed by atoms with E-state index in [0.29, 0.717) is 72.9 Å². The number of rotatable bonds is 16. The molecule has 3 aromatic carbocycles.